The molecular weight excluding hydrogens is 797 g/mol. The second-order valence-corrected chi connectivity index (χ2v) is 24.0. The summed E-state index contributed by atoms with van der Waals surface area (Å²) >= 11 is 7.76. The van der Waals surface area contributed by atoms with Gasteiger partial charge >= 0.3 is 0 Å². The van der Waals surface area contributed by atoms with Gasteiger partial charge in [-0.3, -0.25) is 0 Å². The lowest BCUT2D eigenvalue weighted by molar-refractivity contribution is -0.723. The van der Waals surface area contributed by atoms with E-state index in [1.54, 1.807) is 11.3 Å². The maximum Gasteiger partial charge on any atom is 0.213 e. The Labute approximate surface area is 377 Å². The molecule has 0 amide bonds. The van der Waals surface area contributed by atoms with E-state index in [1.165, 1.54) is 49.7 Å². The Balaban J connectivity index is 0.000000212. The standard InChI is InChI=1S/C15H20NS.C14H22NS.2C11H18NS/c1-11(2)16-10-9-15(17-12(3)4)13-7-5-6-8-14(13)16;1-10(2)15-9-8-14(16-11(3)4)12-6-5-7-13(12)15;1-9(2)12-7-5-11(6-8-12)13-10(3)4;1-9(2)12-7-5-6-11(8-12)13-10(3)4/h5-12H,1-4H3;8-11H,5-7H2,1-4H3;2*5-10H,1-4H3/q4*+1. The van der Waals surface area contributed by atoms with Crippen molar-refractivity contribution in [1.82, 2.24) is 0 Å². The second kappa shape index (κ2) is 25.4. The van der Waals surface area contributed by atoms with Crippen molar-refractivity contribution in [1.29, 1.82) is 0 Å². The summed E-state index contributed by atoms with van der Waals surface area (Å²) in [5.74, 6) is 0. The Bertz CT molecular complexity index is 1980. The predicted molar refractivity (Wildman–Crippen MR) is 262 cm³/mol. The van der Waals surface area contributed by atoms with Gasteiger partial charge in [-0.1, -0.05) is 67.5 Å². The molecule has 1 aromatic carbocycles. The van der Waals surface area contributed by atoms with Crippen molar-refractivity contribution in [2.45, 2.75) is 195 Å². The van der Waals surface area contributed by atoms with Crippen LogP contribution >= 0.6 is 47.0 Å². The average molecular weight is 875 g/mol. The van der Waals surface area contributed by atoms with Crippen LogP contribution in [0.1, 0.15) is 153 Å². The molecule has 0 N–H and O–H groups in total. The number of benzene rings is 1. The molecule has 0 saturated carbocycles. The number of fused-ring (bicyclic) bond motifs is 2. The maximum atomic E-state index is 2.45. The zero-order valence-corrected chi connectivity index (χ0v) is 42.7. The van der Waals surface area contributed by atoms with Gasteiger partial charge in [0.15, 0.2) is 67.0 Å². The molecule has 6 rings (SSSR count). The minimum absolute atomic E-state index is 0.498. The summed E-state index contributed by atoms with van der Waals surface area (Å²) in [4.78, 5) is 5.60. The van der Waals surface area contributed by atoms with Gasteiger partial charge in [0.1, 0.15) is 0 Å². The van der Waals surface area contributed by atoms with E-state index in [4.69, 9.17) is 0 Å². The highest BCUT2D eigenvalue weighted by Crippen LogP contribution is 2.33. The molecule has 8 heteroatoms. The van der Waals surface area contributed by atoms with Crippen LogP contribution in [0.3, 0.4) is 0 Å². The zero-order valence-electron chi connectivity index (χ0n) is 39.4. The number of hydrogen-bond donors (Lipinski definition) is 0. The minimum atomic E-state index is 0.498. The van der Waals surface area contributed by atoms with Gasteiger partial charge in [0, 0.05) is 84.1 Å². The van der Waals surface area contributed by atoms with Crippen LogP contribution in [0.2, 0.25) is 0 Å². The number of pyridine rings is 4. The SMILES string of the molecule is CC(C)Sc1cc[n+](C(C)C)c2c1CCC2.CC(C)Sc1cc[n+](C(C)C)c2ccccc12.CC(C)Sc1cc[n+](C(C)C)cc1.CC(C)Sc1ccc[n+](C(C)C)c1. The van der Waals surface area contributed by atoms with Crippen LogP contribution in [0.15, 0.2) is 117 Å². The van der Waals surface area contributed by atoms with E-state index in [1.807, 2.05) is 47.0 Å². The third-order valence-electron chi connectivity index (χ3n) is 9.41. The van der Waals surface area contributed by atoms with Gasteiger partial charge in [0.2, 0.25) is 5.52 Å². The Morgan fingerprint density at radius 2 is 0.949 bits per heavy atom. The first-order valence-electron chi connectivity index (χ1n) is 22.0. The fourth-order valence-corrected chi connectivity index (χ4v) is 10.4. The van der Waals surface area contributed by atoms with E-state index < -0.39 is 0 Å². The summed E-state index contributed by atoms with van der Waals surface area (Å²) in [6.45, 7) is 35.7. The molecule has 0 saturated heterocycles. The highest BCUT2D eigenvalue weighted by atomic mass is 32.2. The molecule has 59 heavy (non-hydrogen) atoms. The van der Waals surface area contributed by atoms with Gasteiger partial charge < -0.3 is 0 Å². The summed E-state index contributed by atoms with van der Waals surface area (Å²) in [5, 5.41) is 3.98. The molecule has 0 atom stereocenters. The van der Waals surface area contributed by atoms with E-state index in [0.717, 1.165) is 0 Å². The van der Waals surface area contributed by atoms with Crippen molar-refractivity contribution in [2.75, 3.05) is 0 Å². The number of hydrogen-bond acceptors (Lipinski definition) is 4. The molecule has 0 bridgehead atoms. The molecule has 5 aromatic rings. The minimum Gasteiger partial charge on any atom is -0.203 e. The first-order chi connectivity index (χ1) is 27.9. The molecular formula is C51H78N4S4+4. The molecule has 0 fully saturated rings. The quantitative estimate of drug-likeness (QED) is 0.0916. The van der Waals surface area contributed by atoms with E-state index in [0.29, 0.717) is 45.2 Å². The van der Waals surface area contributed by atoms with E-state index >= 15 is 0 Å². The van der Waals surface area contributed by atoms with Crippen LogP contribution in [-0.2, 0) is 12.8 Å². The number of thioether (sulfide) groups is 4. The summed E-state index contributed by atoms with van der Waals surface area (Å²) in [6.07, 6.45) is 17.0. The lowest BCUT2D eigenvalue weighted by Gasteiger charge is -2.11. The van der Waals surface area contributed by atoms with E-state index in [9.17, 15) is 0 Å². The molecule has 322 valence electrons. The molecule has 1 aliphatic rings. The van der Waals surface area contributed by atoms with Gasteiger partial charge in [-0.2, -0.15) is 4.57 Å². The van der Waals surface area contributed by atoms with Crippen LogP contribution < -0.4 is 18.3 Å². The maximum absolute atomic E-state index is 2.45. The summed E-state index contributed by atoms with van der Waals surface area (Å²) < 4.78 is 9.24. The molecule has 0 spiro atoms. The van der Waals surface area contributed by atoms with Crippen LogP contribution in [0, 0.1) is 0 Å². The van der Waals surface area contributed by atoms with Gasteiger partial charge in [-0.05, 0) is 80.4 Å². The molecule has 1 aliphatic carbocycles. The van der Waals surface area contributed by atoms with E-state index in [2.05, 4.69) is 227 Å². The first kappa shape index (κ1) is 50.8. The Morgan fingerprint density at radius 1 is 0.424 bits per heavy atom. The van der Waals surface area contributed by atoms with Crippen molar-refractivity contribution in [3.8, 4) is 0 Å². The highest BCUT2D eigenvalue weighted by molar-refractivity contribution is 8.00. The molecule has 4 heterocycles. The second-order valence-electron chi connectivity index (χ2n) is 17.5. The summed E-state index contributed by atoms with van der Waals surface area (Å²) in [5.41, 5.74) is 4.53. The van der Waals surface area contributed by atoms with Crippen molar-refractivity contribution in [2.24, 2.45) is 0 Å². The third-order valence-corrected chi connectivity index (χ3v) is 13.6. The van der Waals surface area contributed by atoms with E-state index in [-0.39, 0.29) is 0 Å². The number of nitrogens with zero attached hydrogens (tertiary/aromatic N) is 4. The average Bonchev–Trinajstić information content (AvgIpc) is 3.66. The van der Waals surface area contributed by atoms with Crippen molar-refractivity contribution < 1.29 is 18.3 Å². The lowest BCUT2D eigenvalue weighted by Crippen LogP contribution is -2.40. The predicted octanol–water partition coefficient (Wildman–Crippen LogP) is 13.9. The lowest BCUT2D eigenvalue weighted by atomic mass is 10.2. The molecule has 0 radical (unpaired) electrons. The smallest absolute Gasteiger partial charge is 0.203 e. The van der Waals surface area contributed by atoms with Gasteiger partial charge in [-0.15, -0.1) is 47.0 Å². The van der Waals surface area contributed by atoms with Gasteiger partial charge in [0.05, 0.1) is 10.3 Å². The summed E-state index contributed by atoms with van der Waals surface area (Å²) in [7, 11) is 0. The summed E-state index contributed by atoms with van der Waals surface area (Å²) in [6, 6.07) is 24.1. The fraction of sp³-hybridized carbons (Fsp3) is 0.529. The third kappa shape index (κ3) is 17.0. The fourth-order valence-electron chi connectivity index (χ4n) is 6.75. The number of para-hydroxylation sites is 1. The van der Waals surface area contributed by atoms with Crippen LogP contribution in [0.25, 0.3) is 10.9 Å². The molecule has 4 aromatic heterocycles. The first-order valence-corrected chi connectivity index (χ1v) is 25.6. The normalized spacial score (nSPS) is 12.3. The van der Waals surface area contributed by atoms with Crippen molar-refractivity contribution >= 4 is 58.0 Å². The van der Waals surface area contributed by atoms with Crippen molar-refractivity contribution in [3.05, 3.63) is 109 Å². The Kier molecular flexibility index (Phi) is 21.9. The van der Waals surface area contributed by atoms with Crippen molar-refractivity contribution in [3.63, 3.8) is 0 Å². The number of aromatic nitrogens is 4. The van der Waals surface area contributed by atoms with Crippen LogP contribution in [0.4, 0.5) is 0 Å². The van der Waals surface area contributed by atoms with Crippen LogP contribution in [0.5, 0.6) is 0 Å². The van der Waals surface area contributed by atoms with Gasteiger partial charge in [0.25, 0.3) is 0 Å². The monoisotopic (exact) mass is 875 g/mol. The Hall–Kier alpha value is -2.52. The number of rotatable bonds is 12. The molecule has 0 aliphatic heterocycles. The van der Waals surface area contributed by atoms with Crippen LogP contribution in [-0.4, -0.2) is 21.0 Å². The molecule has 0 unspecified atom stereocenters. The highest BCUT2D eigenvalue weighted by Gasteiger charge is 2.26. The zero-order chi connectivity index (χ0) is 43.8. The Morgan fingerprint density at radius 3 is 1.51 bits per heavy atom. The molecule has 4 nitrogen and oxygen atoms in total. The topological polar surface area (TPSA) is 15.5 Å². The largest absolute Gasteiger partial charge is 0.213 e. The van der Waals surface area contributed by atoms with Gasteiger partial charge in [-0.25, -0.2) is 13.7 Å².